The maximum absolute atomic E-state index is 6.60. The Labute approximate surface area is 160 Å². The van der Waals surface area contributed by atoms with E-state index in [-0.39, 0.29) is 5.96 Å². The van der Waals surface area contributed by atoms with Gasteiger partial charge in [0.1, 0.15) is 0 Å². The van der Waals surface area contributed by atoms with Crippen molar-refractivity contribution in [2.24, 2.45) is 15.7 Å². The molecule has 0 aromatic heterocycles. The molecule has 0 bridgehead atoms. The lowest BCUT2D eigenvalue weighted by atomic mass is 10.2. The van der Waals surface area contributed by atoms with E-state index in [9.17, 15) is 0 Å². The molecule has 2 aromatic carbocycles. The first kappa shape index (κ1) is 18.0. The van der Waals surface area contributed by atoms with Gasteiger partial charge in [-0.15, -0.1) is 0 Å². The fourth-order valence-corrected chi connectivity index (χ4v) is 4.21. The third-order valence-corrected chi connectivity index (χ3v) is 5.93. The third-order valence-electron chi connectivity index (χ3n) is 3.44. The molecule has 0 saturated carbocycles. The number of hydrogen-bond donors (Lipinski definition) is 3. The van der Waals surface area contributed by atoms with Crippen LogP contribution in [0.2, 0.25) is 0 Å². The quantitative estimate of drug-likeness (QED) is 0.419. The van der Waals surface area contributed by atoms with Crippen LogP contribution in [-0.2, 0) is 0 Å². The van der Waals surface area contributed by atoms with Crippen molar-refractivity contribution in [2.75, 3.05) is 0 Å². The van der Waals surface area contributed by atoms with Gasteiger partial charge in [-0.1, -0.05) is 59.8 Å². The molecule has 1 unspecified atom stereocenters. The largest absolute Gasteiger partial charge is 0.369 e. The number of hydrogen-bond acceptors (Lipinski definition) is 7. The van der Waals surface area contributed by atoms with Crippen LogP contribution in [0, 0.1) is 13.8 Å². The molecule has 1 atom stereocenters. The van der Waals surface area contributed by atoms with E-state index in [1.54, 1.807) is 0 Å². The molecule has 0 fully saturated rings. The highest BCUT2D eigenvalue weighted by molar-refractivity contribution is 8.02. The molecule has 0 spiro atoms. The molecular formula is C17H18ClN5S2. The summed E-state index contributed by atoms with van der Waals surface area (Å²) >= 11 is 9.39. The molecule has 1 heterocycles. The summed E-state index contributed by atoms with van der Waals surface area (Å²) in [4.78, 5) is 10.8. The summed E-state index contributed by atoms with van der Waals surface area (Å²) in [7, 11) is 0. The van der Waals surface area contributed by atoms with Gasteiger partial charge in [0.15, 0.2) is 5.96 Å². The average Bonchev–Trinajstić information content (AvgIpc) is 2.55. The zero-order valence-electron chi connectivity index (χ0n) is 13.8. The van der Waals surface area contributed by atoms with Gasteiger partial charge in [0.25, 0.3) is 4.45 Å². The second-order valence-electron chi connectivity index (χ2n) is 5.45. The summed E-state index contributed by atoms with van der Waals surface area (Å²) in [5, 5.41) is 2.91. The number of aryl methyl sites for hydroxylation is 2. The SMILES string of the molecule is Cc1ccccc1SNC1=NC(Cl)(Sc2ccccc2C)N=C(N)N1. The number of benzene rings is 2. The fourth-order valence-electron chi connectivity index (χ4n) is 2.17. The summed E-state index contributed by atoms with van der Waals surface area (Å²) in [6, 6.07) is 16.0. The number of alkyl halides is 1. The Morgan fingerprint density at radius 3 is 2.24 bits per heavy atom. The highest BCUT2D eigenvalue weighted by Gasteiger charge is 2.32. The second-order valence-corrected chi connectivity index (χ2v) is 8.26. The third kappa shape index (κ3) is 4.62. The Morgan fingerprint density at radius 1 is 1.00 bits per heavy atom. The van der Waals surface area contributed by atoms with Gasteiger partial charge in [0.05, 0.1) is 0 Å². The van der Waals surface area contributed by atoms with E-state index in [1.165, 1.54) is 29.3 Å². The first-order valence-electron chi connectivity index (χ1n) is 7.59. The van der Waals surface area contributed by atoms with E-state index >= 15 is 0 Å². The zero-order chi connectivity index (χ0) is 17.9. The average molecular weight is 392 g/mol. The van der Waals surface area contributed by atoms with Crippen molar-refractivity contribution >= 4 is 47.2 Å². The number of aliphatic imine (C=N–C) groups is 2. The molecule has 0 saturated heterocycles. The lowest BCUT2D eigenvalue weighted by molar-refractivity contribution is 0.845. The number of thioether (sulfide) groups is 1. The first-order valence-corrected chi connectivity index (χ1v) is 9.60. The number of rotatable bonds is 4. The Balaban J connectivity index is 1.77. The Bertz CT molecular complexity index is 839. The molecule has 1 aliphatic rings. The van der Waals surface area contributed by atoms with Crippen LogP contribution in [0.4, 0.5) is 0 Å². The molecule has 3 rings (SSSR count). The molecule has 130 valence electrons. The lowest BCUT2D eigenvalue weighted by Crippen LogP contribution is -2.47. The van der Waals surface area contributed by atoms with Gasteiger partial charge in [0, 0.05) is 9.79 Å². The van der Waals surface area contributed by atoms with E-state index in [0.717, 1.165) is 15.4 Å². The number of nitrogens with zero attached hydrogens (tertiary/aromatic N) is 2. The highest BCUT2D eigenvalue weighted by Crippen LogP contribution is 2.41. The Morgan fingerprint density at radius 2 is 1.60 bits per heavy atom. The van der Waals surface area contributed by atoms with E-state index in [0.29, 0.717) is 5.96 Å². The van der Waals surface area contributed by atoms with Crippen LogP contribution in [0.3, 0.4) is 0 Å². The standard InChI is InChI=1S/C17H18ClN5S2/c1-11-7-3-5-9-13(11)24-17(18)21-15(19)20-16(22-17)23-25-14-10-6-4-8-12(14)2/h3-10H,1-2H3,(H4,19,20,21,22,23). The van der Waals surface area contributed by atoms with Gasteiger partial charge >= 0.3 is 0 Å². The Kier molecular flexibility index (Phi) is 5.46. The van der Waals surface area contributed by atoms with Crippen LogP contribution in [0.15, 0.2) is 68.3 Å². The van der Waals surface area contributed by atoms with Crippen molar-refractivity contribution < 1.29 is 0 Å². The number of guanidine groups is 2. The molecule has 2 aromatic rings. The first-order chi connectivity index (χ1) is 12.0. The molecule has 8 heteroatoms. The summed E-state index contributed by atoms with van der Waals surface area (Å²) in [6.07, 6.45) is 0. The summed E-state index contributed by atoms with van der Waals surface area (Å²) in [5.74, 6) is 0.691. The number of nitrogens with two attached hydrogens (primary N) is 1. The second kappa shape index (κ2) is 7.59. The van der Waals surface area contributed by atoms with Crippen LogP contribution in [-0.4, -0.2) is 16.4 Å². The van der Waals surface area contributed by atoms with Crippen molar-refractivity contribution in [2.45, 2.75) is 28.1 Å². The summed E-state index contributed by atoms with van der Waals surface area (Å²) < 4.78 is 1.92. The van der Waals surface area contributed by atoms with E-state index in [1.807, 2.05) is 49.4 Å². The maximum Gasteiger partial charge on any atom is 0.286 e. The van der Waals surface area contributed by atoms with Crippen molar-refractivity contribution in [3.05, 3.63) is 59.7 Å². The molecule has 5 nitrogen and oxygen atoms in total. The molecule has 0 radical (unpaired) electrons. The van der Waals surface area contributed by atoms with Crippen molar-refractivity contribution in [3.8, 4) is 0 Å². The zero-order valence-corrected chi connectivity index (χ0v) is 16.2. The lowest BCUT2D eigenvalue weighted by Gasteiger charge is -2.25. The fraction of sp³-hybridized carbons (Fsp3) is 0.176. The smallest absolute Gasteiger partial charge is 0.286 e. The topological polar surface area (TPSA) is 74.8 Å². The van der Waals surface area contributed by atoms with Crippen LogP contribution >= 0.6 is 35.3 Å². The Hall–Kier alpha value is -1.83. The minimum absolute atomic E-state index is 0.221. The van der Waals surface area contributed by atoms with Crippen LogP contribution in [0.5, 0.6) is 0 Å². The molecule has 0 amide bonds. The normalized spacial score (nSPS) is 19.6. The molecule has 1 aliphatic heterocycles. The number of halogens is 1. The van der Waals surface area contributed by atoms with Gasteiger partial charge in [0.2, 0.25) is 5.96 Å². The molecule has 4 N–H and O–H groups in total. The van der Waals surface area contributed by atoms with E-state index in [4.69, 9.17) is 17.3 Å². The van der Waals surface area contributed by atoms with Crippen molar-refractivity contribution in [1.82, 2.24) is 10.0 Å². The van der Waals surface area contributed by atoms with Gasteiger partial charge in [-0.3, -0.25) is 10.0 Å². The van der Waals surface area contributed by atoms with E-state index in [2.05, 4.69) is 33.0 Å². The highest BCUT2D eigenvalue weighted by atomic mass is 35.5. The molecule has 25 heavy (non-hydrogen) atoms. The maximum atomic E-state index is 6.60. The monoisotopic (exact) mass is 391 g/mol. The molecule has 0 aliphatic carbocycles. The van der Waals surface area contributed by atoms with Crippen LogP contribution < -0.4 is 15.8 Å². The van der Waals surface area contributed by atoms with Crippen LogP contribution in [0.25, 0.3) is 0 Å². The summed E-state index contributed by atoms with van der Waals surface area (Å²) in [5.41, 5.74) is 8.18. The summed E-state index contributed by atoms with van der Waals surface area (Å²) in [6.45, 7) is 4.07. The van der Waals surface area contributed by atoms with Crippen molar-refractivity contribution in [1.29, 1.82) is 0 Å². The minimum Gasteiger partial charge on any atom is -0.369 e. The van der Waals surface area contributed by atoms with E-state index < -0.39 is 4.45 Å². The number of nitrogens with one attached hydrogen (secondary N) is 2. The van der Waals surface area contributed by atoms with Gasteiger partial charge in [-0.25, -0.2) is 0 Å². The van der Waals surface area contributed by atoms with Crippen LogP contribution in [0.1, 0.15) is 11.1 Å². The molecular weight excluding hydrogens is 374 g/mol. The van der Waals surface area contributed by atoms with Gasteiger partial charge in [-0.05, 0) is 49.1 Å². The predicted octanol–water partition coefficient (Wildman–Crippen LogP) is 3.82. The van der Waals surface area contributed by atoms with Crippen molar-refractivity contribution in [3.63, 3.8) is 0 Å². The predicted molar refractivity (Wildman–Crippen MR) is 108 cm³/mol. The van der Waals surface area contributed by atoms with Gasteiger partial charge in [-0.2, -0.15) is 9.98 Å². The van der Waals surface area contributed by atoms with Gasteiger partial charge < -0.3 is 5.73 Å². The minimum atomic E-state index is -1.24.